The fourth-order valence-electron chi connectivity index (χ4n) is 2.46. The average Bonchev–Trinajstić information content (AvgIpc) is 3.15. The van der Waals surface area contributed by atoms with Crippen molar-refractivity contribution in [2.45, 2.75) is 31.2 Å². The van der Waals surface area contributed by atoms with Crippen molar-refractivity contribution in [1.29, 1.82) is 0 Å². The topological polar surface area (TPSA) is 80.2 Å². The summed E-state index contributed by atoms with van der Waals surface area (Å²) in [5.74, 6) is 0.139. The summed E-state index contributed by atoms with van der Waals surface area (Å²) >= 11 is 1.60. The third kappa shape index (κ3) is 4.25. The minimum absolute atomic E-state index is 0.0779. The molecule has 1 amide bonds. The molecule has 2 aromatic rings. The van der Waals surface area contributed by atoms with Crippen molar-refractivity contribution in [2.24, 2.45) is 13.0 Å². The SMILES string of the molecule is CNS(=O)(=O)c1cc(C(=O)NC(CC(C)C)c2cccs2)n(C)c1. The van der Waals surface area contributed by atoms with E-state index in [-0.39, 0.29) is 16.8 Å². The van der Waals surface area contributed by atoms with Crippen LogP contribution in [0.5, 0.6) is 0 Å². The average molecular weight is 370 g/mol. The van der Waals surface area contributed by atoms with Gasteiger partial charge in [0, 0.05) is 18.1 Å². The molecule has 0 saturated heterocycles. The fourth-order valence-corrected chi connectivity index (χ4v) is 4.05. The van der Waals surface area contributed by atoms with E-state index in [0.29, 0.717) is 11.6 Å². The minimum Gasteiger partial charge on any atom is -0.345 e. The first kappa shape index (κ1) is 18.7. The number of nitrogens with zero attached hydrogens (tertiary/aromatic N) is 1. The van der Waals surface area contributed by atoms with Gasteiger partial charge in [-0.05, 0) is 36.9 Å². The largest absolute Gasteiger partial charge is 0.345 e. The van der Waals surface area contributed by atoms with Gasteiger partial charge in [0.1, 0.15) is 10.6 Å². The van der Waals surface area contributed by atoms with E-state index < -0.39 is 10.0 Å². The number of carbonyl (C=O) groups is 1. The van der Waals surface area contributed by atoms with Gasteiger partial charge in [0.15, 0.2) is 0 Å². The highest BCUT2D eigenvalue weighted by atomic mass is 32.2. The fraction of sp³-hybridized carbons (Fsp3) is 0.438. The number of rotatable bonds is 7. The van der Waals surface area contributed by atoms with Crippen LogP contribution in [-0.4, -0.2) is 25.9 Å². The monoisotopic (exact) mass is 369 g/mol. The van der Waals surface area contributed by atoms with Crippen molar-refractivity contribution in [3.63, 3.8) is 0 Å². The van der Waals surface area contributed by atoms with Crippen LogP contribution in [0.15, 0.2) is 34.7 Å². The Morgan fingerprint density at radius 1 is 1.38 bits per heavy atom. The Hall–Kier alpha value is -1.64. The van der Waals surface area contributed by atoms with E-state index in [1.165, 1.54) is 23.9 Å². The molecular formula is C16H23N3O3S2. The van der Waals surface area contributed by atoms with Gasteiger partial charge in [-0.1, -0.05) is 19.9 Å². The molecule has 0 saturated carbocycles. The molecule has 0 aliphatic carbocycles. The molecule has 0 aromatic carbocycles. The number of sulfonamides is 1. The molecule has 2 aromatic heterocycles. The van der Waals surface area contributed by atoms with Gasteiger partial charge < -0.3 is 9.88 Å². The molecule has 1 unspecified atom stereocenters. The smallest absolute Gasteiger partial charge is 0.268 e. The summed E-state index contributed by atoms with van der Waals surface area (Å²) < 4.78 is 27.6. The molecule has 24 heavy (non-hydrogen) atoms. The number of thiophene rings is 1. The number of carbonyl (C=O) groups excluding carboxylic acids is 1. The van der Waals surface area contributed by atoms with E-state index in [9.17, 15) is 13.2 Å². The van der Waals surface area contributed by atoms with Crippen LogP contribution >= 0.6 is 11.3 Å². The number of amides is 1. The first-order chi connectivity index (χ1) is 11.2. The lowest BCUT2D eigenvalue weighted by Gasteiger charge is -2.19. The summed E-state index contributed by atoms with van der Waals surface area (Å²) in [4.78, 5) is 13.8. The third-order valence-electron chi connectivity index (χ3n) is 3.69. The Bertz CT molecular complexity index is 793. The predicted molar refractivity (Wildman–Crippen MR) is 95.6 cm³/mol. The van der Waals surface area contributed by atoms with Gasteiger partial charge in [0.05, 0.1) is 6.04 Å². The van der Waals surface area contributed by atoms with Gasteiger partial charge in [-0.2, -0.15) is 0 Å². The molecule has 2 rings (SSSR count). The molecule has 0 aliphatic rings. The van der Waals surface area contributed by atoms with Crippen LogP contribution in [0.2, 0.25) is 0 Å². The molecule has 2 N–H and O–H groups in total. The summed E-state index contributed by atoms with van der Waals surface area (Å²) in [7, 11) is -0.569. The zero-order valence-corrected chi connectivity index (χ0v) is 15.9. The maximum absolute atomic E-state index is 12.6. The quantitative estimate of drug-likeness (QED) is 0.787. The summed E-state index contributed by atoms with van der Waals surface area (Å²) in [6.07, 6.45) is 2.25. The second-order valence-electron chi connectivity index (χ2n) is 6.05. The van der Waals surface area contributed by atoms with E-state index in [2.05, 4.69) is 23.9 Å². The standard InChI is InChI=1S/C16H23N3O3S2/c1-11(2)8-13(15-6-5-7-23-15)18-16(20)14-9-12(10-19(14)4)24(21,22)17-3/h5-7,9-11,13,17H,8H2,1-4H3,(H,18,20). The molecule has 0 bridgehead atoms. The number of aromatic nitrogens is 1. The Morgan fingerprint density at radius 2 is 2.08 bits per heavy atom. The Balaban J connectivity index is 2.25. The zero-order chi connectivity index (χ0) is 17.9. The molecule has 6 nitrogen and oxygen atoms in total. The van der Waals surface area contributed by atoms with Crippen LogP contribution in [0.25, 0.3) is 0 Å². The van der Waals surface area contributed by atoms with Crippen molar-refractivity contribution in [2.75, 3.05) is 7.05 Å². The van der Waals surface area contributed by atoms with Crippen LogP contribution in [-0.2, 0) is 17.1 Å². The van der Waals surface area contributed by atoms with E-state index >= 15 is 0 Å². The molecule has 0 fully saturated rings. The van der Waals surface area contributed by atoms with E-state index in [0.717, 1.165) is 11.3 Å². The maximum Gasteiger partial charge on any atom is 0.268 e. The zero-order valence-electron chi connectivity index (χ0n) is 14.2. The predicted octanol–water partition coefficient (Wildman–Crippen LogP) is 2.51. The van der Waals surface area contributed by atoms with Crippen molar-refractivity contribution < 1.29 is 13.2 Å². The summed E-state index contributed by atoms with van der Waals surface area (Å²) in [6, 6.07) is 5.26. The Labute approximate surface area is 146 Å². The van der Waals surface area contributed by atoms with Gasteiger partial charge in [-0.25, -0.2) is 13.1 Å². The highest BCUT2D eigenvalue weighted by Crippen LogP contribution is 2.26. The third-order valence-corrected chi connectivity index (χ3v) is 6.06. The summed E-state index contributed by atoms with van der Waals surface area (Å²) in [5.41, 5.74) is 0.314. The Kier molecular flexibility index (Phi) is 5.84. The van der Waals surface area contributed by atoms with Gasteiger partial charge in [0.2, 0.25) is 10.0 Å². The number of hydrogen-bond donors (Lipinski definition) is 2. The summed E-state index contributed by atoms with van der Waals surface area (Å²) in [5, 5.41) is 5.01. The molecule has 2 heterocycles. The second-order valence-corrected chi connectivity index (χ2v) is 8.92. The minimum atomic E-state index is -3.57. The molecule has 0 radical (unpaired) electrons. The first-order valence-corrected chi connectivity index (χ1v) is 10.0. The molecule has 0 spiro atoms. The molecule has 1 atom stereocenters. The molecular weight excluding hydrogens is 346 g/mol. The number of hydrogen-bond acceptors (Lipinski definition) is 4. The lowest BCUT2D eigenvalue weighted by Crippen LogP contribution is -2.30. The normalized spacial score (nSPS) is 13.2. The summed E-state index contributed by atoms with van der Waals surface area (Å²) in [6.45, 7) is 4.21. The van der Waals surface area contributed by atoms with Crippen LogP contribution in [0.1, 0.15) is 41.7 Å². The number of nitrogens with one attached hydrogen (secondary N) is 2. The van der Waals surface area contributed by atoms with Crippen LogP contribution in [0.4, 0.5) is 0 Å². The highest BCUT2D eigenvalue weighted by Gasteiger charge is 2.22. The van der Waals surface area contributed by atoms with Gasteiger partial charge >= 0.3 is 0 Å². The van der Waals surface area contributed by atoms with Gasteiger partial charge in [-0.3, -0.25) is 4.79 Å². The Morgan fingerprint density at radius 3 is 2.62 bits per heavy atom. The molecule has 0 aliphatic heterocycles. The van der Waals surface area contributed by atoms with Crippen molar-refractivity contribution in [1.82, 2.24) is 14.6 Å². The van der Waals surface area contributed by atoms with Crippen LogP contribution < -0.4 is 10.0 Å². The molecule has 132 valence electrons. The molecule has 8 heteroatoms. The van der Waals surface area contributed by atoms with E-state index in [1.807, 2.05) is 17.5 Å². The van der Waals surface area contributed by atoms with Crippen molar-refractivity contribution >= 4 is 27.3 Å². The van der Waals surface area contributed by atoms with E-state index in [1.54, 1.807) is 18.4 Å². The van der Waals surface area contributed by atoms with Crippen LogP contribution in [0, 0.1) is 5.92 Å². The second kappa shape index (κ2) is 7.50. The first-order valence-electron chi connectivity index (χ1n) is 7.68. The maximum atomic E-state index is 12.6. The van der Waals surface area contributed by atoms with Crippen molar-refractivity contribution in [3.8, 4) is 0 Å². The highest BCUT2D eigenvalue weighted by molar-refractivity contribution is 7.89. The van der Waals surface area contributed by atoms with E-state index in [4.69, 9.17) is 0 Å². The van der Waals surface area contributed by atoms with Crippen LogP contribution in [0.3, 0.4) is 0 Å². The number of aryl methyl sites for hydroxylation is 1. The lowest BCUT2D eigenvalue weighted by molar-refractivity contribution is 0.0924. The van der Waals surface area contributed by atoms with Crippen molar-refractivity contribution in [3.05, 3.63) is 40.3 Å². The van der Waals surface area contributed by atoms with Gasteiger partial charge in [0.25, 0.3) is 5.91 Å². The van der Waals surface area contributed by atoms with Gasteiger partial charge in [-0.15, -0.1) is 11.3 Å². The lowest BCUT2D eigenvalue weighted by atomic mass is 10.0.